The first-order chi connectivity index (χ1) is 13.1. The van der Waals surface area contributed by atoms with Gasteiger partial charge in [-0.25, -0.2) is 4.98 Å². The summed E-state index contributed by atoms with van der Waals surface area (Å²) in [4.78, 5) is 29.1. The Morgan fingerprint density at radius 2 is 1.81 bits per heavy atom. The highest BCUT2D eigenvalue weighted by Gasteiger charge is 2.15. The van der Waals surface area contributed by atoms with Crippen LogP contribution in [0.15, 0.2) is 60.8 Å². The van der Waals surface area contributed by atoms with Gasteiger partial charge in [0.15, 0.2) is 5.13 Å². The van der Waals surface area contributed by atoms with Crippen LogP contribution in [0.1, 0.15) is 21.6 Å². The number of nitrogens with one attached hydrogen (secondary N) is 2. The molecule has 1 heterocycles. The molecule has 0 spiro atoms. The average molecular weight is 376 g/mol. The SMILES string of the molecule is N#Cc1cccc(CNC(=O)C(=O)Nc2ncc(Cc3ccccc3)s2)c1. The third kappa shape index (κ3) is 5.23. The van der Waals surface area contributed by atoms with Crippen LogP contribution in [-0.4, -0.2) is 16.8 Å². The summed E-state index contributed by atoms with van der Waals surface area (Å²) in [6.07, 6.45) is 2.41. The van der Waals surface area contributed by atoms with Crippen molar-refractivity contribution in [3.63, 3.8) is 0 Å². The van der Waals surface area contributed by atoms with E-state index >= 15 is 0 Å². The lowest BCUT2D eigenvalue weighted by molar-refractivity contribution is -0.136. The second-order valence-electron chi connectivity index (χ2n) is 5.74. The van der Waals surface area contributed by atoms with E-state index in [2.05, 4.69) is 15.6 Å². The number of anilines is 1. The Morgan fingerprint density at radius 3 is 2.59 bits per heavy atom. The van der Waals surface area contributed by atoms with Crippen LogP contribution in [0.4, 0.5) is 5.13 Å². The highest BCUT2D eigenvalue weighted by molar-refractivity contribution is 7.15. The standard InChI is InChI=1S/C20H16N4O2S/c21-11-15-7-4-8-16(9-15)12-22-18(25)19(26)24-20-23-13-17(27-20)10-14-5-2-1-3-6-14/h1-9,13H,10,12H2,(H,22,25)(H,23,24,26). The second kappa shape index (κ2) is 8.74. The van der Waals surface area contributed by atoms with E-state index in [1.54, 1.807) is 30.5 Å². The number of aromatic nitrogens is 1. The number of carbonyl (C=O) groups is 2. The van der Waals surface area contributed by atoms with Gasteiger partial charge in [-0.2, -0.15) is 5.26 Å². The molecular formula is C20H16N4O2S. The van der Waals surface area contributed by atoms with Gasteiger partial charge in [-0.1, -0.05) is 42.5 Å². The van der Waals surface area contributed by atoms with Gasteiger partial charge in [0.1, 0.15) is 0 Å². The maximum Gasteiger partial charge on any atom is 0.315 e. The minimum atomic E-state index is -0.771. The van der Waals surface area contributed by atoms with Gasteiger partial charge in [-0.15, -0.1) is 11.3 Å². The van der Waals surface area contributed by atoms with Gasteiger partial charge in [-0.3, -0.25) is 14.9 Å². The van der Waals surface area contributed by atoms with Crippen molar-refractivity contribution in [2.75, 3.05) is 5.32 Å². The molecule has 0 saturated heterocycles. The fraction of sp³-hybridized carbons (Fsp3) is 0.100. The third-order valence-corrected chi connectivity index (χ3v) is 4.62. The van der Waals surface area contributed by atoms with Gasteiger partial charge < -0.3 is 5.32 Å². The molecule has 0 aliphatic carbocycles. The molecule has 7 heteroatoms. The van der Waals surface area contributed by atoms with Crippen molar-refractivity contribution in [3.8, 4) is 6.07 Å². The van der Waals surface area contributed by atoms with Crippen LogP contribution in [0.2, 0.25) is 0 Å². The number of amides is 2. The van der Waals surface area contributed by atoms with E-state index in [1.165, 1.54) is 11.3 Å². The maximum atomic E-state index is 12.0. The molecule has 2 aromatic carbocycles. The summed E-state index contributed by atoms with van der Waals surface area (Å²) in [5.41, 5.74) is 2.39. The highest BCUT2D eigenvalue weighted by Crippen LogP contribution is 2.21. The van der Waals surface area contributed by atoms with E-state index in [9.17, 15) is 9.59 Å². The molecule has 0 saturated carbocycles. The normalized spacial score (nSPS) is 10.0. The van der Waals surface area contributed by atoms with Gasteiger partial charge in [-0.05, 0) is 23.3 Å². The van der Waals surface area contributed by atoms with Crippen LogP contribution < -0.4 is 10.6 Å². The molecular weight excluding hydrogens is 360 g/mol. The van der Waals surface area contributed by atoms with Gasteiger partial charge in [0, 0.05) is 24.0 Å². The number of benzene rings is 2. The number of nitrogens with zero attached hydrogens (tertiary/aromatic N) is 2. The van der Waals surface area contributed by atoms with Crippen LogP contribution >= 0.6 is 11.3 Å². The first kappa shape index (κ1) is 18.3. The third-order valence-electron chi connectivity index (χ3n) is 3.71. The summed E-state index contributed by atoms with van der Waals surface area (Å²) < 4.78 is 0. The van der Waals surface area contributed by atoms with Crippen molar-refractivity contribution < 1.29 is 9.59 Å². The van der Waals surface area contributed by atoms with E-state index < -0.39 is 11.8 Å². The zero-order valence-electron chi connectivity index (χ0n) is 14.3. The first-order valence-corrected chi connectivity index (χ1v) is 9.02. The summed E-state index contributed by atoms with van der Waals surface area (Å²) in [5, 5.41) is 14.3. The Bertz CT molecular complexity index is 992. The molecule has 3 aromatic rings. The summed E-state index contributed by atoms with van der Waals surface area (Å²) in [5.74, 6) is -1.52. The largest absolute Gasteiger partial charge is 0.344 e. The molecule has 0 radical (unpaired) electrons. The van der Waals surface area contributed by atoms with Crippen LogP contribution in [0.3, 0.4) is 0 Å². The summed E-state index contributed by atoms with van der Waals surface area (Å²) >= 11 is 1.33. The van der Waals surface area contributed by atoms with E-state index in [1.807, 2.05) is 36.4 Å². The fourth-order valence-electron chi connectivity index (χ4n) is 2.41. The number of carbonyl (C=O) groups excluding carboxylic acids is 2. The number of hydrogen-bond donors (Lipinski definition) is 2. The maximum absolute atomic E-state index is 12.0. The zero-order chi connectivity index (χ0) is 19.1. The minimum absolute atomic E-state index is 0.166. The van der Waals surface area contributed by atoms with Crippen LogP contribution in [0.5, 0.6) is 0 Å². The Hall–Kier alpha value is -3.50. The summed E-state index contributed by atoms with van der Waals surface area (Å²) in [7, 11) is 0. The lowest BCUT2D eigenvalue weighted by atomic mass is 10.1. The lowest BCUT2D eigenvalue weighted by Gasteiger charge is -2.05. The van der Waals surface area contributed by atoms with Gasteiger partial charge in [0.2, 0.25) is 0 Å². The summed E-state index contributed by atoms with van der Waals surface area (Å²) in [6, 6.07) is 18.8. The Labute approximate surface area is 160 Å². The minimum Gasteiger partial charge on any atom is -0.344 e. The molecule has 0 atom stereocenters. The Kier molecular flexibility index (Phi) is 5.92. The predicted octanol–water partition coefficient (Wildman–Crippen LogP) is 2.86. The van der Waals surface area contributed by atoms with E-state index in [0.29, 0.717) is 10.7 Å². The van der Waals surface area contributed by atoms with Crippen molar-refractivity contribution in [2.45, 2.75) is 13.0 Å². The number of hydrogen-bond acceptors (Lipinski definition) is 5. The number of rotatable bonds is 5. The van der Waals surface area contributed by atoms with Gasteiger partial charge in [0.05, 0.1) is 11.6 Å². The molecule has 2 N–H and O–H groups in total. The first-order valence-electron chi connectivity index (χ1n) is 8.21. The van der Waals surface area contributed by atoms with E-state index in [4.69, 9.17) is 5.26 Å². The monoisotopic (exact) mass is 376 g/mol. The molecule has 2 amide bonds. The highest BCUT2D eigenvalue weighted by atomic mass is 32.1. The van der Waals surface area contributed by atoms with Gasteiger partial charge in [0.25, 0.3) is 0 Å². The van der Waals surface area contributed by atoms with Crippen LogP contribution in [0, 0.1) is 11.3 Å². The van der Waals surface area contributed by atoms with Crippen molar-refractivity contribution in [1.82, 2.24) is 10.3 Å². The average Bonchev–Trinajstić information content (AvgIpc) is 3.13. The second-order valence-corrected chi connectivity index (χ2v) is 6.86. The molecule has 6 nitrogen and oxygen atoms in total. The Morgan fingerprint density at radius 1 is 1.04 bits per heavy atom. The van der Waals surface area contributed by atoms with Crippen molar-refractivity contribution >= 4 is 28.3 Å². The molecule has 3 rings (SSSR count). The van der Waals surface area contributed by atoms with E-state index in [0.717, 1.165) is 22.4 Å². The quantitative estimate of drug-likeness (QED) is 0.670. The topological polar surface area (TPSA) is 94.9 Å². The van der Waals surface area contributed by atoms with Crippen molar-refractivity contribution in [2.24, 2.45) is 0 Å². The Balaban J connectivity index is 1.52. The molecule has 1 aromatic heterocycles. The zero-order valence-corrected chi connectivity index (χ0v) is 15.1. The van der Waals surface area contributed by atoms with Crippen LogP contribution in [-0.2, 0) is 22.6 Å². The molecule has 0 aliphatic rings. The molecule has 0 aliphatic heterocycles. The summed E-state index contributed by atoms with van der Waals surface area (Å²) in [6.45, 7) is 0.166. The number of nitriles is 1. The van der Waals surface area contributed by atoms with Crippen molar-refractivity contribution in [1.29, 1.82) is 5.26 Å². The number of thiazole rings is 1. The van der Waals surface area contributed by atoms with E-state index in [-0.39, 0.29) is 6.54 Å². The molecule has 27 heavy (non-hydrogen) atoms. The van der Waals surface area contributed by atoms with Gasteiger partial charge >= 0.3 is 11.8 Å². The smallest absolute Gasteiger partial charge is 0.315 e. The fourth-order valence-corrected chi connectivity index (χ4v) is 3.25. The predicted molar refractivity (Wildman–Crippen MR) is 103 cm³/mol. The van der Waals surface area contributed by atoms with Crippen LogP contribution in [0.25, 0.3) is 0 Å². The molecule has 134 valence electrons. The molecule has 0 fully saturated rings. The van der Waals surface area contributed by atoms with Crippen molar-refractivity contribution in [3.05, 3.63) is 82.4 Å². The lowest BCUT2D eigenvalue weighted by Crippen LogP contribution is -2.34. The molecule has 0 bridgehead atoms. The molecule has 0 unspecified atom stereocenters.